The summed E-state index contributed by atoms with van der Waals surface area (Å²) < 4.78 is 31.8. The van der Waals surface area contributed by atoms with Crippen molar-refractivity contribution in [3.8, 4) is 11.5 Å². The molecule has 1 aromatic heterocycles. The maximum absolute atomic E-state index is 12.1. The fourth-order valence-electron chi connectivity index (χ4n) is 2.27. The first-order chi connectivity index (χ1) is 12.9. The minimum absolute atomic E-state index is 0.0210. The molecule has 27 heavy (non-hydrogen) atoms. The van der Waals surface area contributed by atoms with Gasteiger partial charge in [-0.2, -0.15) is 0 Å². The molecule has 0 aliphatic carbocycles. The second-order valence-electron chi connectivity index (χ2n) is 5.79. The van der Waals surface area contributed by atoms with Gasteiger partial charge in [0.1, 0.15) is 0 Å². The molecule has 0 fully saturated rings. The Kier molecular flexibility index (Phi) is 5.51. The highest BCUT2D eigenvalue weighted by molar-refractivity contribution is 7.90. The van der Waals surface area contributed by atoms with Gasteiger partial charge < -0.3 is 9.73 Å². The van der Waals surface area contributed by atoms with Crippen molar-refractivity contribution in [3.05, 3.63) is 66.1 Å². The fourth-order valence-corrected chi connectivity index (χ4v) is 3.20. The number of carbonyl (C=O) groups excluding carboxylic acids is 1. The molecule has 0 atom stereocenters. The van der Waals surface area contributed by atoms with Crippen molar-refractivity contribution >= 4 is 16.1 Å². The van der Waals surface area contributed by atoms with Gasteiger partial charge in [0.25, 0.3) is 10.0 Å². The number of nitrogens with zero attached hydrogens (tertiary/aromatic N) is 2. The average Bonchev–Trinajstić information content (AvgIpc) is 3.11. The predicted octanol–water partition coefficient (Wildman–Crippen LogP) is 2.28. The van der Waals surface area contributed by atoms with Crippen LogP contribution in [0.3, 0.4) is 0 Å². The Bertz CT molecular complexity index is 1020. The number of rotatable bonds is 6. The topological polar surface area (TPSA) is 114 Å². The van der Waals surface area contributed by atoms with Crippen molar-refractivity contribution in [1.82, 2.24) is 20.2 Å². The lowest BCUT2D eigenvalue weighted by Gasteiger charge is -2.08. The van der Waals surface area contributed by atoms with E-state index >= 15 is 0 Å². The van der Waals surface area contributed by atoms with Gasteiger partial charge in [0.15, 0.2) is 0 Å². The normalized spacial score (nSPS) is 11.1. The van der Waals surface area contributed by atoms with Gasteiger partial charge in [-0.3, -0.25) is 0 Å². The monoisotopic (exact) mass is 386 g/mol. The van der Waals surface area contributed by atoms with E-state index in [0.717, 1.165) is 11.1 Å². The molecule has 0 bridgehead atoms. The zero-order valence-electron chi connectivity index (χ0n) is 14.5. The number of amides is 2. The van der Waals surface area contributed by atoms with Crippen molar-refractivity contribution in [2.45, 2.75) is 18.2 Å². The SMILES string of the molecule is Cc1ccc(S(=O)(=O)NC(=O)NCCc2nnc(-c3ccccc3)o2)cc1. The molecule has 0 radical (unpaired) electrons. The van der Waals surface area contributed by atoms with E-state index in [2.05, 4.69) is 15.5 Å². The van der Waals surface area contributed by atoms with Crippen LogP contribution in [0.4, 0.5) is 4.79 Å². The number of aryl methyl sites for hydroxylation is 1. The second kappa shape index (κ2) is 8.00. The van der Waals surface area contributed by atoms with Crippen molar-refractivity contribution < 1.29 is 17.6 Å². The first-order valence-corrected chi connectivity index (χ1v) is 9.67. The lowest BCUT2D eigenvalue weighted by Crippen LogP contribution is -2.40. The van der Waals surface area contributed by atoms with Crippen LogP contribution in [-0.4, -0.2) is 31.2 Å². The van der Waals surface area contributed by atoms with Gasteiger partial charge in [-0.25, -0.2) is 17.9 Å². The number of carbonyl (C=O) groups is 1. The molecule has 1 heterocycles. The van der Waals surface area contributed by atoms with Crippen LogP contribution in [-0.2, 0) is 16.4 Å². The fraction of sp³-hybridized carbons (Fsp3) is 0.167. The number of hydrogen-bond acceptors (Lipinski definition) is 6. The molecular weight excluding hydrogens is 368 g/mol. The third-order valence-electron chi connectivity index (χ3n) is 3.67. The van der Waals surface area contributed by atoms with Gasteiger partial charge in [-0.1, -0.05) is 35.9 Å². The van der Waals surface area contributed by atoms with Crippen LogP contribution in [0, 0.1) is 6.92 Å². The zero-order chi connectivity index (χ0) is 19.3. The molecule has 2 aromatic carbocycles. The van der Waals surface area contributed by atoms with Crippen LogP contribution in [0.1, 0.15) is 11.5 Å². The molecule has 3 aromatic rings. The molecule has 0 saturated carbocycles. The van der Waals surface area contributed by atoms with Crippen LogP contribution in [0.15, 0.2) is 63.9 Å². The van der Waals surface area contributed by atoms with Gasteiger partial charge in [0, 0.05) is 18.5 Å². The number of benzene rings is 2. The van der Waals surface area contributed by atoms with E-state index in [4.69, 9.17) is 4.42 Å². The molecule has 0 aliphatic rings. The van der Waals surface area contributed by atoms with Crippen LogP contribution in [0.5, 0.6) is 0 Å². The molecule has 9 heteroatoms. The van der Waals surface area contributed by atoms with E-state index in [1.165, 1.54) is 12.1 Å². The highest BCUT2D eigenvalue weighted by Crippen LogP contribution is 2.16. The number of hydrogen-bond donors (Lipinski definition) is 2. The van der Waals surface area contributed by atoms with Gasteiger partial charge in [-0.15, -0.1) is 10.2 Å². The third-order valence-corrected chi connectivity index (χ3v) is 5.02. The van der Waals surface area contributed by atoms with Gasteiger partial charge in [-0.05, 0) is 31.2 Å². The summed E-state index contributed by atoms with van der Waals surface area (Å²) >= 11 is 0. The van der Waals surface area contributed by atoms with Crippen LogP contribution < -0.4 is 10.0 Å². The molecule has 3 rings (SSSR count). The minimum Gasteiger partial charge on any atom is -0.421 e. The third kappa shape index (κ3) is 4.91. The van der Waals surface area contributed by atoms with Crippen molar-refractivity contribution in [2.24, 2.45) is 0 Å². The lowest BCUT2D eigenvalue weighted by atomic mass is 10.2. The molecule has 2 amide bonds. The largest absolute Gasteiger partial charge is 0.421 e. The molecule has 0 spiro atoms. The van der Waals surface area contributed by atoms with Gasteiger partial charge in [0.2, 0.25) is 11.8 Å². The van der Waals surface area contributed by atoms with E-state index in [-0.39, 0.29) is 17.9 Å². The summed E-state index contributed by atoms with van der Waals surface area (Å²) in [7, 11) is -3.92. The van der Waals surface area contributed by atoms with E-state index in [0.29, 0.717) is 11.8 Å². The summed E-state index contributed by atoms with van der Waals surface area (Å²) in [6, 6.07) is 14.7. The molecule has 140 valence electrons. The Morgan fingerprint density at radius 1 is 1.04 bits per heavy atom. The summed E-state index contributed by atoms with van der Waals surface area (Å²) in [4.78, 5) is 11.9. The standard InChI is InChI=1S/C18H18N4O4S/c1-13-7-9-15(10-8-13)27(24,25)22-18(23)19-12-11-16-20-21-17(26-16)14-5-3-2-4-6-14/h2-10H,11-12H2,1H3,(H2,19,22,23). The van der Waals surface area contributed by atoms with Crippen molar-refractivity contribution in [3.63, 3.8) is 0 Å². The first kappa shape index (κ1) is 18.6. The van der Waals surface area contributed by atoms with Crippen LogP contribution >= 0.6 is 0 Å². The molecule has 2 N–H and O–H groups in total. The Labute approximate surface area is 156 Å². The Hall–Kier alpha value is -3.20. The Morgan fingerprint density at radius 2 is 1.74 bits per heavy atom. The van der Waals surface area contributed by atoms with E-state index in [1.807, 2.05) is 42.0 Å². The maximum atomic E-state index is 12.1. The smallest absolute Gasteiger partial charge is 0.328 e. The Morgan fingerprint density at radius 3 is 2.44 bits per heavy atom. The minimum atomic E-state index is -3.92. The van der Waals surface area contributed by atoms with Crippen LogP contribution in [0.25, 0.3) is 11.5 Å². The second-order valence-corrected chi connectivity index (χ2v) is 7.47. The van der Waals surface area contributed by atoms with Crippen LogP contribution in [0.2, 0.25) is 0 Å². The summed E-state index contributed by atoms with van der Waals surface area (Å²) in [6.45, 7) is 1.99. The van der Waals surface area contributed by atoms with Crippen molar-refractivity contribution in [2.75, 3.05) is 6.54 Å². The summed E-state index contributed by atoms with van der Waals surface area (Å²) in [5, 5.41) is 10.3. The quantitative estimate of drug-likeness (QED) is 0.672. The number of nitrogens with one attached hydrogen (secondary N) is 2. The van der Waals surface area contributed by atoms with Crippen molar-refractivity contribution in [1.29, 1.82) is 0 Å². The summed E-state index contributed by atoms with van der Waals surface area (Å²) in [5.41, 5.74) is 1.72. The molecule has 0 unspecified atom stereocenters. The van der Waals surface area contributed by atoms with Gasteiger partial charge >= 0.3 is 6.03 Å². The predicted molar refractivity (Wildman–Crippen MR) is 98.3 cm³/mol. The maximum Gasteiger partial charge on any atom is 0.328 e. The zero-order valence-corrected chi connectivity index (χ0v) is 15.4. The first-order valence-electron chi connectivity index (χ1n) is 8.19. The average molecular weight is 386 g/mol. The van der Waals surface area contributed by atoms with E-state index in [1.54, 1.807) is 12.1 Å². The van der Waals surface area contributed by atoms with E-state index < -0.39 is 16.1 Å². The van der Waals surface area contributed by atoms with E-state index in [9.17, 15) is 13.2 Å². The Balaban J connectivity index is 1.51. The number of sulfonamides is 1. The molecule has 0 saturated heterocycles. The number of aromatic nitrogens is 2. The lowest BCUT2D eigenvalue weighted by molar-refractivity contribution is 0.245. The highest BCUT2D eigenvalue weighted by atomic mass is 32.2. The molecule has 0 aliphatic heterocycles. The number of urea groups is 1. The molecular formula is C18H18N4O4S. The summed E-state index contributed by atoms with van der Waals surface area (Å²) in [5.74, 6) is 0.729. The van der Waals surface area contributed by atoms with Gasteiger partial charge in [0.05, 0.1) is 4.90 Å². The summed E-state index contributed by atoms with van der Waals surface area (Å²) in [6.07, 6.45) is 0.276. The highest BCUT2D eigenvalue weighted by Gasteiger charge is 2.17. The molecule has 8 nitrogen and oxygen atoms in total.